The summed E-state index contributed by atoms with van der Waals surface area (Å²) >= 11 is 4.05. The Kier molecular flexibility index (Phi) is 3.89. The van der Waals surface area contributed by atoms with Crippen molar-refractivity contribution in [2.75, 3.05) is 0 Å². The molecule has 20 heavy (non-hydrogen) atoms. The summed E-state index contributed by atoms with van der Waals surface area (Å²) in [6.45, 7) is 0. The van der Waals surface area contributed by atoms with Gasteiger partial charge < -0.3 is 4.74 Å². The van der Waals surface area contributed by atoms with Crippen LogP contribution >= 0.6 is 12.6 Å². The maximum absolute atomic E-state index is 13.5. The summed E-state index contributed by atoms with van der Waals surface area (Å²) in [4.78, 5) is 0.645. The smallest absolute Gasteiger partial charge is 0.399 e. The van der Waals surface area contributed by atoms with Crippen molar-refractivity contribution in [2.45, 2.75) is 11.3 Å². The van der Waals surface area contributed by atoms with E-state index in [0.717, 1.165) is 12.1 Å². The Hall–Kier alpha value is -1.76. The second kappa shape index (κ2) is 5.32. The van der Waals surface area contributed by atoms with Gasteiger partial charge in [-0.15, -0.1) is 25.8 Å². The Balaban J connectivity index is 2.42. The van der Waals surface area contributed by atoms with Crippen molar-refractivity contribution in [3.63, 3.8) is 0 Å². The van der Waals surface area contributed by atoms with Gasteiger partial charge in [0, 0.05) is 4.90 Å². The van der Waals surface area contributed by atoms with Crippen molar-refractivity contribution in [2.24, 2.45) is 0 Å². The molecule has 7 heteroatoms. The average molecular weight is 306 g/mol. The molecule has 0 fully saturated rings. The average Bonchev–Trinajstić information content (AvgIpc) is 2.33. The minimum Gasteiger partial charge on any atom is -0.399 e. The molecule has 2 rings (SSSR count). The molecule has 106 valence electrons. The van der Waals surface area contributed by atoms with Crippen molar-refractivity contribution < 1.29 is 26.7 Å². The molecule has 1 nitrogen and oxygen atoms in total. The summed E-state index contributed by atoms with van der Waals surface area (Å²) < 4.78 is 66.4. The van der Waals surface area contributed by atoms with Crippen LogP contribution in [0.3, 0.4) is 0 Å². The lowest BCUT2D eigenvalue weighted by Gasteiger charge is -2.12. The number of ether oxygens (including phenoxy) is 1. The van der Waals surface area contributed by atoms with Crippen LogP contribution in [-0.4, -0.2) is 6.36 Å². The highest BCUT2D eigenvalue weighted by atomic mass is 32.1. The van der Waals surface area contributed by atoms with Gasteiger partial charge >= 0.3 is 6.36 Å². The largest absolute Gasteiger partial charge is 0.573 e. The van der Waals surface area contributed by atoms with E-state index in [1.54, 1.807) is 24.3 Å². The van der Waals surface area contributed by atoms with Gasteiger partial charge in [-0.3, -0.25) is 0 Å². The molecule has 0 aliphatic heterocycles. The van der Waals surface area contributed by atoms with E-state index in [9.17, 15) is 22.0 Å². The number of hydrogen-bond acceptors (Lipinski definition) is 2. The summed E-state index contributed by atoms with van der Waals surface area (Å²) in [5, 5.41) is 0. The Labute approximate surface area is 116 Å². The van der Waals surface area contributed by atoms with Crippen LogP contribution < -0.4 is 4.74 Å². The maximum Gasteiger partial charge on any atom is 0.573 e. The molecule has 0 aromatic heterocycles. The Morgan fingerprint density at radius 2 is 1.35 bits per heavy atom. The Morgan fingerprint density at radius 1 is 0.850 bits per heavy atom. The first-order valence-corrected chi connectivity index (χ1v) is 5.75. The summed E-state index contributed by atoms with van der Waals surface area (Å²) in [6.07, 6.45) is -5.16. The summed E-state index contributed by atoms with van der Waals surface area (Å²) in [6, 6.07) is 7.82. The lowest BCUT2D eigenvalue weighted by Crippen LogP contribution is -2.19. The second-order valence-electron chi connectivity index (χ2n) is 3.86. The number of benzene rings is 2. The minimum atomic E-state index is -5.16. The van der Waals surface area contributed by atoms with E-state index in [4.69, 9.17) is 0 Å². The molecular weight excluding hydrogens is 299 g/mol. The molecule has 0 saturated carbocycles. The molecule has 0 spiro atoms. The molecular formula is C13H7F5OS. The van der Waals surface area contributed by atoms with Crippen molar-refractivity contribution in [3.8, 4) is 16.9 Å². The molecule has 0 N–H and O–H groups in total. The molecule has 0 saturated heterocycles. The highest BCUT2D eigenvalue weighted by Gasteiger charge is 2.34. The standard InChI is InChI=1S/C13H7F5OS/c14-10-5-8(7-1-3-9(20)4-2-7)6-11(15)12(10)19-13(16,17)18/h1-6,20H. The van der Waals surface area contributed by atoms with Crippen LogP contribution in [0.1, 0.15) is 0 Å². The first-order chi connectivity index (χ1) is 9.26. The third kappa shape index (κ3) is 3.41. The van der Waals surface area contributed by atoms with Gasteiger partial charge in [0.2, 0.25) is 5.75 Å². The van der Waals surface area contributed by atoms with Gasteiger partial charge in [0.1, 0.15) is 0 Å². The van der Waals surface area contributed by atoms with E-state index in [0.29, 0.717) is 10.5 Å². The van der Waals surface area contributed by atoms with Gasteiger partial charge in [-0.2, -0.15) is 0 Å². The highest BCUT2D eigenvalue weighted by molar-refractivity contribution is 7.80. The molecule has 0 aliphatic carbocycles. The number of thiol groups is 1. The molecule has 0 unspecified atom stereocenters. The topological polar surface area (TPSA) is 9.23 Å². The van der Waals surface area contributed by atoms with Crippen LogP contribution in [-0.2, 0) is 0 Å². The van der Waals surface area contributed by atoms with Crippen LogP contribution in [0.15, 0.2) is 41.3 Å². The molecule has 2 aromatic rings. The van der Waals surface area contributed by atoms with Crippen LogP contribution in [0.5, 0.6) is 5.75 Å². The first kappa shape index (κ1) is 14.6. The molecule has 0 heterocycles. The van der Waals surface area contributed by atoms with E-state index < -0.39 is 23.7 Å². The fourth-order valence-electron chi connectivity index (χ4n) is 1.59. The minimum absolute atomic E-state index is 0.0999. The Morgan fingerprint density at radius 3 is 1.80 bits per heavy atom. The molecule has 0 bridgehead atoms. The van der Waals surface area contributed by atoms with Gasteiger partial charge in [-0.1, -0.05) is 12.1 Å². The molecule has 0 radical (unpaired) electrons. The van der Waals surface area contributed by atoms with Crippen LogP contribution in [0.4, 0.5) is 22.0 Å². The number of hydrogen-bond donors (Lipinski definition) is 1. The van der Waals surface area contributed by atoms with Gasteiger partial charge in [-0.25, -0.2) is 8.78 Å². The molecule has 0 aliphatic rings. The van der Waals surface area contributed by atoms with Gasteiger partial charge in [0.15, 0.2) is 11.6 Å². The van der Waals surface area contributed by atoms with Gasteiger partial charge in [-0.05, 0) is 35.4 Å². The second-order valence-corrected chi connectivity index (χ2v) is 4.38. The van der Waals surface area contributed by atoms with E-state index in [1.807, 2.05) is 0 Å². The van der Waals surface area contributed by atoms with Crippen molar-refractivity contribution in [3.05, 3.63) is 48.0 Å². The lowest BCUT2D eigenvalue weighted by atomic mass is 10.1. The fourth-order valence-corrected chi connectivity index (χ4v) is 1.74. The van der Waals surface area contributed by atoms with Crippen molar-refractivity contribution in [1.29, 1.82) is 0 Å². The van der Waals surface area contributed by atoms with Gasteiger partial charge in [0.05, 0.1) is 0 Å². The van der Waals surface area contributed by atoms with E-state index >= 15 is 0 Å². The molecule has 0 amide bonds. The number of rotatable bonds is 2. The summed E-state index contributed by atoms with van der Waals surface area (Å²) in [7, 11) is 0. The highest BCUT2D eigenvalue weighted by Crippen LogP contribution is 2.32. The Bertz CT molecular complexity index is 599. The van der Waals surface area contributed by atoms with Crippen LogP contribution in [0, 0.1) is 11.6 Å². The zero-order valence-corrected chi connectivity index (χ0v) is 10.6. The number of alkyl halides is 3. The van der Waals surface area contributed by atoms with Crippen molar-refractivity contribution >= 4 is 12.6 Å². The van der Waals surface area contributed by atoms with E-state index in [1.165, 1.54) is 0 Å². The van der Waals surface area contributed by atoms with E-state index in [-0.39, 0.29) is 5.56 Å². The number of halogens is 5. The maximum atomic E-state index is 13.5. The third-order valence-electron chi connectivity index (χ3n) is 2.42. The van der Waals surface area contributed by atoms with Crippen LogP contribution in [0.2, 0.25) is 0 Å². The SMILES string of the molecule is Fc1cc(-c2ccc(S)cc2)cc(F)c1OC(F)(F)F. The predicted molar refractivity (Wildman–Crippen MR) is 65.7 cm³/mol. The zero-order chi connectivity index (χ0) is 14.9. The molecule has 0 atom stereocenters. The first-order valence-electron chi connectivity index (χ1n) is 5.30. The fraction of sp³-hybridized carbons (Fsp3) is 0.0769. The monoisotopic (exact) mass is 306 g/mol. The molecule has 2 aromatic carbocycles. The third-order valence-corrected chi connectivity index (χ3v) is 2.71. The summed E-state index contributed by atoms with van der Waals surface area (Å²) in [5.74, 6) is -4.31. The predicted octanol–water partition coefficient (Wildman–Crippen LogP) is 4.82. The van der Waals surface area contributed by atoms with Gasteiger partial charge in [0.25, 0.3) is 0 Å². The van der Waals surface area contributed by atoms with Crippen molar-refractivity contribution in [1.82, 2.24) is 0 Å². The van der Waals surface area contributed by atoms with E-state index in [2.05, 4.69) is 17.4 Å². The lowest BCUT2D eigenvalue weighted by molar-refractivity contribution is -0.276. The normalized spacial score (nSPS) is 11.5. The zero-order valence-electron chi connectivity index (χ0n) is 9.71. The quantitative estimate of drug-likeness (QED) is 0.618. The van der Waals surface area contributed by atoms with Crippen LogP contribution in [0.25, 0.3) is 11.1 Å². The summed E-state index contributed by atoms with van der Waals surface area (Å²) in [5.41, 5.74) is 0.544.